The highest BCUT2D eigenvalue weighted by Crippen LogP contribution is 2.19. The van der Waals surface area contributed by atoms with Crippen LogP contribution < -0.4 is 5.32 Å². The second kappa shape index (κ2) is 33.7. The van der Waals surface area contributed by atoms with Gasteiger partial charge in [-0.2, -0.15) is 0 Å². The first-order valence-electron chi connectivity index (χ1n) is 19.8. The first-order chi connectivity index (χ1) is 23.2. The molecular formula is C42H73NO4. The Kier molecular flexibility index (Phi) is 30.8. The van der Waals surface area contributed by atoms with Crippen LogP contribution in [0, 0.1) is 11.8 Å². The molecule has 0 radical (unpaired) electrons. The van der Waals surface area contributed by atoms with Gasteiger partial charge in [0.2, 0.25) is 0 Å². The summed E-state index contributed by atoms with van der Waals surface area (Å²) in [6.07, 6.45) is 45.2. The van der Waals surface area contributed by atoms with Crippen molar-refractivity contribution in [3.8, 4) is 0 Å². The zero-order chi connectivity index (χ0) is 33.9. The molecular weight excluding hydrogens is 582 g/mol. The number of carbonyl (C=O) groups is 2. The number of unbranched alkanes of at least 4 members (excludes halogenated alkanes) is 16. The normalized spacial score (nSPS) is 16.8. The molecule has 1 aliphatic heterocycles. The smallest absolute Gasteiger partial charge is 0.305 e. The molecule has 0 bridgehead atoms. The predicted octanol–water partition coefficient (Wildman–Crippen LogP) is 11.5. The number of hydrogen-bond acceptors (Lipinski definition) is 5. The number of rotatable bonds is 32. The standard InChI is InChI=1S/C42H73NO4/c1-3-5-7-9-11-13-15-17-19-21-23-25-27-29-31-33-41(44)46-37-39-35-43-36-40(39)38-47-42(45)34-32-30-28-26-24-22-20-18-16-14-12-10-8-6-4-2/h11-14,17-20,39-40,43H,3-10,15-16,21-38H2,1-2H3/b13-11-,14-12-,19-17-,20-18-/t39-,40?/m0/s1. The van der Waals surface area contributed by atoms with Crippen LogP contribution in [0.25, 0.3) is 0 Å². The van der Waals surface area contributed by atoms with Crippen LogP contribution in [-0.2, 0) is 19.1 Å². The van der Waals surface area contributed by atoms with Crippen molar-refractivity contribution in [3.05, 3.63) is 48.6 Å². The fourth-order valence-electron chi connectivity index (χ4n) is 5.88. The molecule has 5 heteroatoms. The van der Waals surface area contributed by atoms with Gasteiger partial charge in [0, 0.05) is 37.8 Å². The molecule has 1 N–H and O–H groups in total. The highest BCUT2D eigenvalue weighted by Gasteiger charge is 2.29. The van der Waals surface area contributed by atoms with Crippen molar-refractivity contribution in [1.82, 2.24) is 5.32 Å². The average Bonchev–Trinajstić information content (AvgIpc) is 3.53. The van der Waals surface area contributed by atoms with Crippen LogP contribution in [0.4, 0.5) is 0 Å². The molecule has 0 aromatic rings. The van der Waals surface area contributed by atoms with Gasteiger partial charge >= 0.3 is 11.9 Å². The topological polar surface area (TPSA) is 64.6 Å². The molecule has 270 valence electrons. The molecule has 1 rings (SSSR count). The van der Waals surface area contributed by atoms with Gasteiger partial charge in [0.15, 0.2) is 0 Å². The summed E-state index contributed by atoms with van der Waals surface area (Å²) in [4.78, 5) is 24.6. The molecule has 0 saturated carbocycles. The Morgan fingerprint density at radius 2 is 0.830 bits per heavy atom. The van der Waals surface area contributed by atoms with E-state index < -0.39 is 0 Å². The van der Waals surface area contributed by atoms with Crippen LogP contribution in [0.1, 0.15) is 168 Å². The Morgan fingerprint density at radius 3 is 1.21 bits per heavy atom. The van der Waals surface area contributed by atoms with E-state index in [1.807, 2.05) is 0 Å². The molecule has 5 nitrogen and oxygen atoms in total. The fourth-order valence-corrected chi connectivity index (χ4v) is 5.88. The zero-order valence-corrected chi connectivity index (χ0v) is 30.7. The maximum Gasteiger partial charge on any atom is 0.305 e. The second-order valence-electron chi connectivity index (χ2n) is 13.5. The quantitative estimate of drug-likeness (QED) is 0.0444. The molecule has 0 amide bonds. The van der Waals surface area contributed by atoms with Crippen LogP contribution in [-0.4, -0.2) is 38.2 Å². The van der Waals surface area contributed by atoms with E-state index in [0.717, 1.165) is 64.5 Å². The van der Waals surface area contributed by atoms with Gasteiger partial charge in [0.25, 0.3) is 0 Å². The third kappa shape index (κ3) is 28.6. The minimum absolute atomic E-state index is 0.0975. The van der Waals surface area contributed by atoms with Gasteiger partial charge in [-0.25, -0.2) is 0 Å². The minimum Gasteiger partial charge on any atom is -0.465 e. The summed E-state index contributed by atoms with van der Waals surface area (Å²) < 4.78 is 11.2. The highest BCUT2D eigenvalue weighted by atomic mass is 16.5. The van der Waals surface area contributed by atoms with Gasteiger partial charge in [-0.3, -0.25) is 9.59 Å². The van der Waals surface area contributed by atoms with Crippen LogP contribution >= 0.6 is 0 Å². The summed E-state index contributed by atoms with van der Waals surface area (Å²) in [5.41, 5.74) is 0. The maximum atomic E-state index is 12.3. The first kappa shape index (κ1) is 42.9. The molecule has 1 unspecified atom stereocenters. The summed E-state index contributed by atoms with van der Waals surface area (Å²) in [6.45, 7) is 6.94. The molecule has 47 heavy (non-hydrogen) atoms. The van der Waals surface area contributed by atoms with Crippen molar-refractivity contribution in [1.29, 1.82) is 0 Å². The van der Waals surface area contributed by atoms with Crippen molar-refractivity contribution in [2.45, 2.75) is 168 Å². The highest BCUT2D eigenvalue weighted by molar-refractivity contribution is 5.69. The lowest BCUT2D eigenvalue weighted by Crippen LogP contribution is -2.25. The van der Waals surface area contributed by atoms with Crippen molar-refractivity contribution in [3.63, 3.8) is 0 Å². The number of carbonyl (C=O) groups excluding carboxylic acids is 2. The van der Waals surface area contributed by atoms with Gasteiger partial charge < -0.3 is 14.8 Å². The number of esters is 2. The zero-order valence-electron chi connectivity index (χ0n) is 30.7. The maximum absolute atomic E-state index is 12.3. The summed E-state index contributed by atoms with van der Waals surface area (Å²) in [7, 11) is 0. The van der Waals surface area contributed by atoms with Crippen molar-refractivity contribution < 1.29 is 19.1 Å². The van der Waals surface area contributed by atoms with Gasteiger partial charge in [-0.15, -0.1) is 0 Å². The van der Waals surface area contributed by atoms with Gasteiger partial charge in [0.05, 0.1) is 13.2 Å². The van der Waals surface area contributed by atoms with Gasteiger partial charge in [-0.05, 0) is 77.0 Å². The van der Waals surface area contributed by atoms with Crippen LogP contribution in [0.2, 0.25) is 0 Å². The molecule has 0 aromatic carbocycles. The number of allylic oxidation sites excluding steroid dienone is 8. The van der Waals surface area contributed by atoms with Crippen LogP contribution in [0.3, 0.4) is 0 Å². The molecule has 2 atom stereocenters. The van der Waals surface area contributed by atoms with E-state index in [9.17, 15) is 9.59 Å². The Hall–Kier alpha value is -2.14. The first-order valence-corrected chi connectivity index (χ1v) is 19.8. The van der Waals surface area contributed by atoms with Crippen LogP contribution in [0.5, 0.6) is 0 Å². The van der Waals surface area contributed by atoms with Gasteiger partial charge in [0.1, 0.15) is 0 Å². The molecule has 1 heterocycles. The lowest BCUT2D eigenvalue weighted by Gasteiger charge is -2.18. The minimum atomic E-state index is -0.0975. The summed E-state index contributed by atoms with van der Waals surface area (Å²) in [5.74, 6) is 0.235. The van der Waals surface area contributed by atoms with Crippen LogP contribution in [0.15, 0.2) is 48.6 Å². The second-order valence-corrected chi connectivity index (χ2v) is 13.5. The molecule has 0 aliphatic carbocycles. The SMILES string of the molecule is CCCCC/C=C\C/C=C\CCCCCCCC(=O)OCC1CNC[C@H]1COC(=O)CCCCCCC/C=C\C/C=C\CCCCC. The molecule has 1 aliphatic rings. The Balaban J connectivity index is 1.95. The molecule has 0 aromatic heterocycles. The summed E-state index contributed by atoms with van der Waals surface area (Å²) >= 11 is 0. The Bertz CT molecular complexity index is 778. The molecule has 1 saturated heterocycles. The third-order valence-corrected chi connectivity index (χ3v) is 9.06. The van der Waals surface area contributed by atoms with E-state index in [4.69, 9.17) is 9.47 Å². The lowest BCUT2D eigenvalue weighted by molar-refractivity contribution is -0.149. The summed E-state index contributed by atoms with van der Waals surface area (Å²) in [6, 6.07) is 0. The third-order valence-electron chi connectivity index (χ3n) is 9.06. The number of ether oxygens (including phenoxy) is 2. The number of hydrogen-bond donors (Lipinski definition) is 1. The Morgan fingerprint density at radius 1 is 0.489 bits per heavy atom. The predicted molar refractivity (Wildman–Crippen MR) is 200 cm³/mol. The van der Waals surface area contributed by atoms with Crippen molar-refractivity contribution in [2.75, 3.05) is 26.3 Å². The van der Waals surface area contributed by atoms with E-state index >= 15 is 0 Å². The summed E-state index contributed by atoms with van der Waals surface area (Å²) in [5, 5.41) is 3.37. The number of nitrogens with one attached hydrogen (secondary N) is 1. The van der Waals surface area contributed by atoms with E-state index in [1.54, 1.807) is 0 Å². The largest absolute Gasteiger partial charge is 0.465 e. The molecule has 0 spiro atoms. The monoisotopic (exact) mass is 656 g/mol. The van der Waals surface area contributed by atoms with E-state index in [0.29, 0.717) is 26.1 Å². The van der Waals surface area contributed by atoms with E-state index in [1.165, 1.54) is 89.9 Å². The van der Waals surface area contributed by atoms with E-state index in [2.05, 4.69) is 67.8 Å². The van der Waals surface area contributed by atoms with E-state index in [-0.39, 0.29) is 23.8 Å². The Labute approximate surface area is 290 Å². The van der Waals surface area contributed by atoms with Crippen molar-refractivity contribution in [2.24, 2.45) is 11.8 Å². The fraction of sp³-hybridized carbons (Fsp3) is 0.762. The van der Waals surface area contributed by atoms with Crippen molar-refractivity contribution >= 4 is 11.9 Å². The lowest BCUT2D eigenvalue weighted by atomic mass is 9.98. The molecule has 1 fully saturated rings. The average molecular weight is 656 g/mol. The van der Waals surface area contributed by atoms with Gasteiger partial charge in [-0.1, -0.05) is 127 Å².